The summed E-state index contributed by atoms with van der Waals surface area (Å²) in [7, 11) is 0. The van der Waals surface area contributed by atoms with E-state index < -0.39 is 0 Å². The van der Waals surface area contributed by atoms with Crippen LogP contribution in [0.2, 0.25) is 0 Å². The summed E-state index contributed by atoms with van der Waals surface area (Å²) >= 11 is 1.70. The molecule has 0 bridgehead atoms. The van der Waals surface area contributed by atoms with Gasteiger partial charge in [-0.1, -0.05) is 26.8 Å². The Morgan fingerprint density at radius 2 is 2.11 bits per heavy atom. The van der Waals surface area contributed by atoms with Crippen molar-refractivity contribution in [3.8, 4) is 0 Å². The Labute approximate surface area is 120 Å². The SMILES string of the molecule is CSCC(C)C(=O)NC(c1ncccc1C)C(C)C. The lowest BCUT2D eigenvalue weighted by Gasteiger charge is -2.25. The highest BCUT2D eigenvalue weighted by molar-refractivity contribution is 7.98. The van der Waals surface area contributed by atoms with Crippen molar-refractivity contribution in [1.29, 1.82) is 0 Å². The zero-order chi connectivity index (χ0) is 14.4. The van der Waals surface area contributed by atoms with E-state index in [0.29, 0.717) is 5.92 Å². The van der Waals surface area contributed by atoms with Gasteiger partial charge < -0.3 is 5.32 Å². The quantitative estimate of drug-likeness (QED) is 0.870. The molecule has 1 aromatic rings. The number of nitrogens with zero attached hydrogens (tertiary/aromatic N) is 1. The van der Waals surface area contributed by atoms with Gasteiger partial charge in [0.05, 0.1) is 11.7 Å². The molecule has 0 aliphatic heterocycles. The molecule has 106 valence electrons. The van der Waals surface area contributed by atoms with E-state index in [1.165, 1.54) is 0 Å². The summed E-state index contributed by atoms with van der Waals surface area (Å²) in [5.41, 5.74) is 2.10. The van der Waals surface area contributed by atoms with Crippen LogP contribution in [0.3, 0.4) is 0 Å². The Morgan fingerprint density at radius 3 is 2.63 bits per heavy atom. The van der Waals surface area contributed by atoms with Crippen molar-refractivity contribution in [3.05, 3.63) is 29.6 Å². The molecule has 0 saturated carbocycles. The van der Waals surface area contributed by atoms with E-state index in [0.717, 1.165) is 17.0 Å². The van der Waals surface area contributed by atoms with Crippen LogP contribution in [0.1, 0.15) is 38.1 Å². The fraction of sp³-hybridized carbons (Fsp3) is 0.600. The Hall–Kier alpha value is -1.03. The second-order valence-corrected chi connectivity index (χ2v) is 6.20. The van der Waals surface area contributed by atoms with Crippen LogP contribution in [0.15, 0.2) is 18.3 Å². The van der Waals surface area contributed by atoms with Crippen molar-refractivity contribution in [1.82, 2.24) is 10.3 Å². The lowest BCUT2D eigenvalue weighted by molar-refractivity contribution is -0.125. The van der Waals surface area contributed by atoms with E-state index in [1.54, 1.807) is 18.0 Å². The lowest BCUT2D eigenvalue weighted by Crippen LogP contribution is -2.36. The van der Waals surface area contributed by atoms with Crippen molar-refractivity contribution in [2.45, 2.75) is 33.7 Å². The summed E-state index contributed by atoms with van der Waals surface area (Å²) in [5, 5.41) is 3.14. The van der Waals surface area contributed by atoms with Gasteiger partial charge in [0.15, 0.2) is 0 Å². The number of hydrogen-bond acceptors (Lipinski definition) is 3. The number of amides is 1. The number of nitrogens with one attached hydrogen (secondary N) is 1. The maximum Gasteiger partial charge on any atom is 0.224 e. The first-order valence-corrected chi connectivity index (χ1v) is 8.07. The molecule has 2 unspecified atom stereocenters. The van der Waals surface area contributed by atoms with Crippen LogP contribution in [0, 0.1) is 18.8 Å². The molecule has 0 aromatic carbocycles. The standard InChI is InChI=1S/C15H24N2OS/c1-10(2)13(14-11(3)7-6-8-16-14)17-15(18)12(4)9-19-5/h6-8,10,12-13H,9H2,1-5H3,(H,17,18). The molecule has 1 N–H and O–H groups in total. The van der Waals surface area contributed by atoms with Crippen LogP contribution < -0.4 is 5.32 Å². The molecule has 4 heteroatoms. The summed E-state index contributed by atoms with van der Waals surface area (Å²) in [5.74, 6) is 1.30. The maximum atomic E-state index is 12.2. The van der Waals surface area contributed by atoms with Gasteiger partial charge in [-0.15, -0.1) is 0 Å². The summed E-state index contributed by atoms with van der Waals surface area (Å²) in [6, 6.07) is 3.95. The molecule has 0 aliphatic carbocycles. The number of aromatic nitrogens is 1. The van der Waals surface area contributed by atoms with E-state index in [-0.39, 0.29) is 17.9 Å². The average molecular weight is 280 g/mol. The Morgan fingerprint density at radius 1 is 1.42 bits per heavy atom. The number of hydrogen-bond donors (Lipinski definition) is 1. The molecule has 0 saturated heterocycles. The molecule has 0 aliphatic rings. The minimum Gasteiger partial charge on any atom is -0.347 e. The molecule has 2 atom stereocenters. The monoisotopic (exact) mass is 280 g/mol. The van der Waals surface area contributed by atoms with E-state index in [4.69, 9.17) is 0 Å². The smallest absolute Gasteiger partial charge is 0.224 e. The number of carbonyl (C=O) groups excluding carboxylic acids is 1. The fourth-order valence-corrected chi connectivity index (χ4v) is 2.65. The second kappa shape index (κ2) is 7.53. The molecule has 3 nitrogen and oxygen atoms in total. The van der Waals surface area contributed by atoms with Gasteiger partial charge in [-0.3, -0.25) is 9.78 Å². The summed E-state index contributed by atoms with van der Waals surface area (Å²) < 4.78 is 0. The van der Waals surface area contributed by atoms with Gasteiger partial charge >= 0.3 is 0 Å². The number of rotatable bonds is 6. The van der Waals surface area contributed by atoms with Crippen molar-refractivity contribution in [2.24, 2.45) is 11.8 Å². The number of aryl methyl sites for hydroxylation is 1. The zero-order valence-electron chi connectivity index (χ0n) is 12.4. The average Bonchev–Trinajstić information content (AvgIpc) is 2.36. The predicted octanol–water partition coefficient (Wildman–Crippen LogP) is 3.20. The second-order valence-electron chi connectivity index (χ2n) is 5.29. The van der Waals surface area contributed by atoms with Gasteiger partial charge in [0.25, 0.3) is 0 Å². The molecule has 1 heterocycles. The fourth-order valence-electron chi connectivity index (χ4n) is 2.00. The van der Waals surface area contributed by atoms with Crippen LogP contribution in [-0.4, -0.2) is 22.9 Å². The van der Waals surface area contributed by atoms with Crippen LogP contribution >= 0.6 is 11.8 Å². The topological polar surface area (TPSA) is 42.0 Å². The predicted molar refractivity (Wildman–Crippen MR) is 82.2 cm³/mol. The van der Waals surface area contributed by atoms with Gasteiger partial charge in [-0.05, 0) is 30.7 Å². The van der Waals surface area contributed by atoms with E-state index in [9.17, 15) is 4.79 Å². The normalized spacial score (nSPS) is 14.2. The Kier molecular flexibility index (Phi) is 6.35. The molecule has 1 aromatic heterocycles. The first-order valence-electron chi connectivity index (χ1n) is 6.68. The summed E-state index contributed by atoms with van der Waals surface area (Å²) in [6.07, 6.45) is 3.81. The van der Waals surface area contributed by atoms with Crippen LogP contribution in [-0.2, 0) is 4.79 Å². The molecule has 19 heavy (non-hydrogen) atoms. The van der Waals surface area contributed by atoms with Crippen molar-refractivity contribution in [3.63, 3.8) is 0 Å². The van der Waals surface area contributed by atoms with Crippen LogP contribution in [0.25, 0.3) is 0 Å². The number of pyridine rings is 1. The molecular formula is C15H24N2OS. The van der Waals surface area contributed by atoms with Crippen LogP contribution in [0.5, 0.6) is 0 Å². The van der Waals surface area contributed by atoms with Gasteiger partial charge in [-0.25, -0.2) is 0 Å². The van der Waals surface area contributed by atoms with Crippen molar-refractivity contribution < 1.29 is 4.79 Å². The van der Waals surface area contributed by atoms with E-state index in [1.807, 2.05) is 32.2 Å². The Bertz CT molecular complexity index is 420. The molecule has 0 spiro atoms. The van der Waals surface area contributed by atoms with E-state index in [2.05, 4.69) is 24.1 Å². The molecule has 0 radical (unpaired) electrons. The third-order valence-electron chi connectivity index (χ3n) is 3.17. The number of thioether (sulfide) groups is 1. The minimum absolute atomic E-state index is 0.0157. The van der Waals surface area contributed by atoms with Crippen LogP contribution in [0.4, 0.5) is 0 Å². The van der Waals surface area contributed by atoms with Gasteiger partial charge in [0.2, 0.25) is 5.91 Å². The highest BCUT2D eigenvalue weighted by atomic mass is 32.2. The third kappa shape index (κ3) is 4.53. The highest BCUT2D eigenvalue weighted by Gasteiger charge is 2.23. The molecular weight excluding hydrogens is 256 g/mol. The first-order chi connectivity index (χ1) is 8.97. The minimum atomic E-state index is -0.0157. The first kappa shape index (κ1) is 16.0. The zero-order valence-corrected chi connectivity index (χ0v) is 13.3. The summed E-state index contributed by atoms with van der Waals surface area (Å²) in [4.78, 5) is 16.6. The third-order valence-corrected chi connectivity index (χ3v) is 4.01. The van der Waals surface area contributed by atoms with E-state index >= 15 is 0 Å². The van der Waals surface area contributed by atoms with Crippen molar-refractivity contribution in [2.75, 3.05) is 12.0 Å². The van der Waals surface area contributed by atoms with Gasteiger partial charge in [0.1, 0.15) is 0 Å². The Balaban J connectivity index is 2.86. The van der Waals surface area contributed by atoms with Crippen molar-refractivity contribution >= 4 is 17.7 Å². The van der Waals surface area contributed by atoms with Gasteiger partial charge in [0, 0.05) is 17.9 Å². The number of carbonyl (C=O) groups is 1. The molecule has 1 rings (SSSR count). The molecule has 0 fully saturated rings. The molecule has 1 amide bonds. The summed E-state index contributed by atoms with van der Waals surface area (Å²) in [6.45, 7) is 8.22. The van der Waals surface area contributed by atoms with Gasteiger partial charge in [-0.2, -0.15) is 11.8 Å². The maximum absolute atomic E-state index is 12.2. The highest BCUT2D eigenvalue weighted by Crippen LogP contribution is 2.23. The largest absolute Gasteiger partial charge is 0.347 e. The lowest BCUT2D eigenvalue weighted by atomic mass is 9.96.